The second-order valence-corrected chi connectivity index (χ2v) is 7.29. The van der Waals surface area contributed by atoms with E-state index in [0.29, 0.717) is 43.5 Å². The van der Waals surface area contributed by atoms with Crippen molar-refractivity contribution in [1.29, 1.82) is 0 Å². The molecule has 2 aliphatic rings. The van der Waals surface area contributed by atoms with E-state index in [2.05, 4.69) is 26.4 Å². The molecule has 10 heteroatoms. The SMILES string of the molecule is O=C(C1CNNN1)N1CCc2nc(-c3cccnc3)nc(Oc3ccc(F)cc3)c2C1. The summed E-state index contributed by atoms with van der Waals surface area (Å²) in [5.74, 6) is 0.926. The Kier molecular flexibility index (Phi) is 5.24. The van der Waals surface area contributed by atoms with Crippen molar-refractivity contribution in [2.75, 3.05) is 13.1 Å². The number of nitrogens with zero attached hydrogens (tertiary/aromatic N) is 4. The van der Waals surface area contributed by atoms with Crippen molar-refractivity contribution < 1.29 is 13.9 Å². The van der Waals surface area contributed by atoms with Crippen LogP contribution in [0.3, 0.4) is 0 Å². The summed E-state index contributed by atoms with van der Waals surface area (Å²) in [4.78, 5) is 28.1. The lowest BCUT2D eigenvalue weighted by Crippen LogP contribution is -2.48. The number of pyridine rings is 1. The molecule has 9 nitrogen and oxygen atoms in total. The van der Waals surface area contributed by atoms with Gasteiger partial charge in [-0.2, -0.15) is 10.5 Å². The van der Waals surface area contributed by atoms with E-state index >= 15 is 0 Å². The summed E-state index contributed by atoms with van der Waals surface area (Å²) in [6, 6.07) is 9.08. The number of hydrogen-bond acceptors (Lipinski definition) is 8. The van der Waals surface area contributed by atoms with Crippen molar-refractivity contribution in [2.45, 2.75) is 19.0 Å². The number of amides is 1. The molecule has 0 saturated carbocycles. The lowest BCUT2D eigenvalue weighted by molar-refractivity contribution is -0.133. The standard InChI is InChI=1S/C21H20FN7O2/c22-14-3-5-15(6-4-14)31-20-16-12-29(21(30)18-11-24-28-27-18)9-7-17(16)25-19(26-20)13-2-1-8-23-10-13/h1-6,8,10,18,24,27-28H,7,9,11-12H2. The van der Waals surface area contributed by atoms with E-state index in [4.69, 9.17) is 9.72 Å². The molecule has 1 amide bonds. The Morgan fingerprint density at radius 2 is 2.06 bits per heavy atom. The van der Waals surface area contributed by atoms with E-state index in [9.17, 15) is 9.18 Å². The number of aromatic nitrogens is 3. The van der Waals surface area contributed by atoms with Crippen LogP contribution in [0.25, 0.3) is 11.4 Å². The van der Waals surface area contributed by atoms with Crippen LogP contribution in [-0.2, 0) is 17.8 Å². The Labute approximate surface area is 177 Å². The molecule has 5 rings (SSSR count). The number of carbonyl (C=O) groups is 1. The van der Waals surface area contributed by atoms with Gasteiger partial charge in [-0.05, 0) is 36.4 Å². The summed E-state index contributed by atoms with van der Waals surface area (Å²) >= 11 is 0. The molecular weight excluding hydrogens is 401 g/mol. The molecule has 1 saturated heterocycles. The largest absolute Gasteiger partial charge is 0.439 e. The first kappa shape index (κ1) is 19.5. The van der Waals surface area contributed by atoms with Gasteiger partial charge in [0, 0.05) is 37.5 Å². The van der Waals surface area contributed by atoms with Gasteiger partial charge in [0.05, 0.1) is 17.8 Å². The monoisotopic (exact) mass is 421 g/mol. The first-order valence-electron chi connectivity index (χ1n) is 9.93. The molecule has 31 heavy (non-hydrogen) atoms. The Bertz CT molecular complexity index is 1090. The van der Waals surface area contributed by atoms with Crippen molar-refractivity contribution in [2.24, 2.45) is 0 Å². The highest BCUT2D eigenvalue weighted by molar-refractivity contribution is 5.82. The molecule has 0 radical (unpaired) electrons. The fourth-order valence-electron chi connectivity index (χ4n) is 3.61. The third kappa shape index (κ3) is 4.08. The summed E-state index contributed by atoms with van der Waals surface area (Å²) in [5.41, 5.74) is 10.9. The van der Waals surface area contributed by atoms with Crippen LogP contribution in [0.2, 0.25) is 0 Å². The second kappa shape index (κ2) is 8.34. The van der Waals surface area contributed by atoms with Gasteiger partial charge in [0.15, 0.2) is 5.82 Å². The van der Waals surface area contributed by atoms with Gasteiger partial charge in [-0.25, -0.2) is 20.2 Å². The summed E-state index contributed by atoms with van der Waals surface area (Å²) in [5, 5.41) is 0. The summed E-state index contributed by atoms with van der Waals surface area (Å²) < 4.78 is 19.4. The van der Waals surface area contributed by atoms with Gasteiger partial charge >= 0.3 is 0 Å². The first-order valence-corrected chi connectivity index (χ1v) is 9.93. The molecule has 0 bridgehead atoms. The molecule has 0 aliphatic carbocycles. The Hall–Kier alpha value is -3.47. The first-order chi connectivity index (χ1) is 15.2. The Balaban J connectivity index is 1.50. The lowest BCUT2D eigenvalue weighted by Gasteiger charge is -2.30. The molecule has 4 heterocycles. The van der Waals surface area contributed by atoms with Gasteiger partial charge in [0.25, 0.3) is 0 Å². The fourth-order valence-corrected chi connectivity index (χ4v) is 3.61. The Morgan fingerprint density at radius 3 is 2.81 bits per heavy atom. The number of ether oxygens (including phenoxy) is 1. The molecule has 2 aliphatic heterocycles. The molecule has 2 aromatic heterocycles. The minimum absolute atomic E-state index is 0.0211. The summed E-state index contributed by atoms with van der Waals surface area (Å²) in [6.45, 7) is 1.37. The summed E-state index contributed by atoms with van der Waals surface area (Å²) in [7, 11) is 0. The third-order valence-electron chi connectivity index (χ3n) is 5.22. The van der Waals surface area contributed by atoms with Gasteiger partial charge in [-0.3, -0.25) is 9.78 Å². The van der Waals surface area contributed by atoms with Gasteiger partial charge in [0.1, 0.15) is 17.6 Å². The van der Waals surface area contributed by atoms with Crippen molar-refractivity contribution in [1.82, 2.24) is 36.2 Å². The zero-order chi connectivity index (χ0) is 21.2. The van der Waals surface area contributed by atoms with Gasteiger partial charge < -0.3 is 9.64 Å². The van der Waals surface area contributed by atoms with Crippen molar-refractivity contribution in [3.05, 3.63) is 65.9 Å². The van der Waals surface area contributed by atoms with E-state index in [1.807, 2.05) is 12.1 Å². The van der Waals surface area contributed by atoms with Crippen LogP contribution in [0.1, 0.15) is 11.3 Å². The molecule has 0 spiro atoms. The summed E-state index contributed by atoms with van der Waals surface area (Å²) in [6.07, 6.45) is 3.94. The predicted molar refractivity (Wildman–Crippen MR) is 109 cm³/mol. The van der Waals surface area contributed by atoms with E-state index in [-0.39, 0.29) is 17.8 Å². The van der Waals surface area contributed by atoms with E-state index in [1.165, 1.54) is 12.1 Å². The van der Waals surface area contributed by atoms with Crippen LogP contribution >= 0.6 is 0 Å². The molecule has 1 fully saturated rings. The van der Waals surface area contributed by atoms with Gasteiger partial charge in [-0.1, -0.05) is 0 Å². The number of nitrogens with one attached hydrogen (secondary N) is 3. The average molecular weight is 421 g/mol. The number of carbonyl (C=O) groups excluding carboxylic acids is 1. The molecule has 1 aromatic carbocycles. The van der Waals surface area contributed by atoms with Crippen LogP contribution in [0.4, 0.5) is 4.39 Å². The molecule has 1 unspecified atom stereocenters. The predicted octanol–water partition coefficient (Wildman–Crippen LogP) is 1.34. The quantitative estimate of drug-likeness (QED) is 0.580. The molecule has 3 aromatic rings. The number of fused-ring (bicyclic) bond motifs is 1. The number of benzene rings is 1. The molecule has 158 valence electrons. The van der Waals surface area contributed by atoms with Gasteiger partial charge in [-0.15, -0.1) is 0 Å². The highest BCUT2D eigenvalue weighted by Crippen LogP contribution is 2.32. The molecular formula is C21H20FN7O2. The average Bonchev–Trinajstić information content (AvgIpc) is 3.35. The molecule has 1 atom stereocenters. The Morgan fingerprint density at radius 1 is 1.19 bits per heavy atom. The fraction of sp³-hybridized carbons (Fsp3) is 0.238. The zero-order valence-electron chi connectivity index (χ0n) is 16.5. The normalized spacial score (nSPS) is 18.0. The molecule has 3 N–H and O–H groups in total. The number of hydrazine groups is 2. The zero-order valence-corrected chi connectivity index (χ0v) is 16.5. The van der Waals surface area contributed by atoms with Crippen LogP contribution in [0.5, 0.6) is 11.6 Å². The lowest BCUT2D eigenvalue weighted by atomic mass is 10.0. The highest BCUT2D eigenvalue weighted by atomic mass is 19.1. The number of rotatable bonds is 4. The minimum atomic E-state index is -0.351. The van der Waals surface area contributed by atoms with Crippen molar-refractivity contribution in [3.8, 4) is 23.0 Å². The maximum absolute atomic E-state index is 13.3. The van der Waals surface area contributed by atoms with E-state index in [1.54, 1.807) is 29.4 Å². The van der Waals surface area contributed by atoms with Crippen molar-refractivity contribution >= 4 is 5.91 Å². The maximum Gasteiger partial charge on any atom is 0.242 e. The topological polar surface area (TPSA) is 104 Å². The number of hydrogen-bond donors (Lipinski definition) is 3. The van der Waals surface area contributed by atoms with Crippen LogP contribution < -0.4 is 21.1 Å². The van der Waals surface area contributed by atoms with Crippen LogP contribution in [0, 0.1) is 5.82 Å². The van der Waals surface area contributed by atoms with Crippen LogP contribution in [-0.4, -0.2) is 44.9 Å². The third-order valence-corrected chi connectivity index (χ3v) is 5.22. The van der Waals surface area contributed by atoms with Gasteiger partial charge in [0.2, 0.25) is 11.8 Å². The van der Waals surface area contributed by atoms with Crippen molar-refractivity contribution in [3.63, 3.8) is 0 Å². The van der Waals surface area contributed by atoms with E-state index in [0.717, 1.165) is 16.8 Å². The number of halogens is 1. The minimum Gasteiger partial charge on any atom is -0.439 e. The highest BCUT2D eigenvalue weighted by Gasteiger charge is 2.32. The van der Waals surface area contributed by atoms with E-state index < -0.39 is 0 Å². The maximum atomic E-state index is 13.3. The second-order valence-electron chi connectivity index (χ2n) is 7.29. The van der Waals surface area contributed by atoms with Crippen LogP contribution in [0.15, 0.2) is 48.8 Å². The smallest absolute Gasteiger partial charge is 0.242 e.